The smallest absolute Gasteiger partial charge is 0.193 e. The van der Waals surface area contributed by atoms with Crippen molar-refractivity contribution in [1.82, 2.24) is 10.2 Å². The Kier molecular flexibility index (Phi) is 9.43. The van der Waals surface area contributed by atoms with Crippen molar-refractivity contribution in [1.29, 1.82) is 0 Å². The van der Waals surface area contributed by atoms with Crippen molar-refractivity contribution in [3.05, 3.63) is 30.3 Å². The van der Waals surface area contributed by atoms with Gasteiger partial charge in [0, 0.05) is 58.5 Å². The van der Waals surface area contributed by atoms with Crippen LogP contribution in [0.4, 0.5) is 5.69 Å². The fourth-order valence-corrected chi connectivity index (χ4v) is 3.02. The van der Waals surface area contributed by atoms with Crippen molar-refractivity contribution in [2.24, 2.45) is 10.9 Å². The highest BCUT2D eigenvalue weighted by Gasteiger charge is 2.25. The summed E-state index contributed by atoms with van der Waals surface area (Å²) in [6.45, 7) is 6.00. The second-order valence-corrected chi connectivity index (χ2v) is 6.28. The molecule has 1 aliphatic rings. The first-order valence-corrected chi connectivity index (χ1v) is 8.38. The summed E-state index contributed by atoms with van der Waals surface area (Å²) < 4.78 is 5.27. The quantitative estimate of drug-likeness (QED) is 0.415. The third-order valence-corrected chi connectivity index (χ3v) is 4.58. The van der Waals surface area contributed by atoms with Gasteiger partial charge in [-0.3, -0.25) is 4.99 Å². The lowest BCUT2D eigenvalue weighted by Crippen LogP contribution is -2.46. The van der Waals surface area contributed by atoms with Gasteiger partial charge in [-0.15, -0.1) is 24.0 Å². The molecule has 0 radical (unpaired) electrons. The Morgan fingerprint density at radius 1 is 1.42 bits per heavy atom. The van der Waals surface area contributed by atoms with E-state index in [1.54, 1.807) is 7.11 Å². The zero-order chi connectivity index (χ0) is 16.7. The van der Waals surface area contributed by atoms with E-state index < -0.39 is 0 Å². The van der Waals surface area contributed by atoms with Crippen LogP contribution in [0.5, 0.6) is 0 Å². The van der Waals surface area contributed by atoms with Gasteiger partial charge in [0.05, 0.1) is 6.61 Å². The van der Waals surface area contributed by atoms with Crippen LogP contribution in [0.15, 0.2) is 35.3 Å². The number of halogens is 1. The molecule has 2 atom stereocenters. The molecule has 1 heterocycles. The van der Waals surface area contributed by atoms with E-state index in [0.29, 0.717) is 12.0 Å². The molecule has 0 aromatic heterocycles. The van der Waals surface area contributed by atoms with Gasteiger partial charge in [-0.2, -0.15) is 0 Å². The number of benzene rings is 1. The van der Waals surface area contributed by atoms with Gasteiger partial charge in [0.1, 0.15) is 0 Å². The first-order valence-electron chi connectivity index (χ1n) is 8.38. The number of likely N-dealkylation sites (tertiary alicyclic amines) is 1. The number of rotatable bonds is 6. The number of methoxy groups -OCH3 is 1. The van der Waals surface area contributed by atoms with Crippen LogP contribution < -0.4 is 10.2 Å². The summed E-state index contributed by atoms with van der Waals surface area (Å²) in [6.07, 6.45) is 1.17. The Morgan fingerprint density at radius 2 is 2.12 bits per heavy atom. The molecule has 1 N–H and O–H groups in total. The third kappa shape index (κ3) is 5.81. The van der Waals surface area contributed by atoms with Crippen LogP contribution in [0.3, 0.4) is 0 Å². The van der Waals surface area contributed by atoms with E-state index >= 15 is 0 Å². The number of aliphatic imine (C=N–C) groups is 1. The lowest BCUT2D eigenvalue weighted by molar-refractivity contribution is 0.157. The molecular weight excluding hydrogens is 415 g/mol. The number of hydrogen-bond acceptors (Lipinski definition) is 3. The minimum absolute atomic E-state index is 0. The summed E-state index contributed by atoms with van der Waals surface area (Å²) in [6, 6.07) is 10.9. The van der Waals surface area contributed by atoms with Gasteiger partial charge in [-0.25, -0.2) is 0 Å². The van der Waals surface area contributed by atoms with E-state index in [1.165, 1.54) is 12.1 Å². The molecule has 1 aliphatic heterocycles. The summed E-state index contributed by atoms with van der Waals surface area (Å²) in [7, 11) is 5.77. The molecule has 24 heavy (non-hydrogen) atoms. The van der Waals surface area contributed by atoms with Crippen molar-refractivity contribution in [3.63, 3.8) is 0 Å². The van der Waals surface area contributed by atoms with Crippen molar-refractivity contribution >= 4 is 35.6 Å². The van der Waals surface area contributed by atoms with Gasteiger partial charge in [-0.05, 0) is 25.5 Å². The number of guanidine groups is 1. The van der Waals surface area contributed by atoms with Gasteiger partial charge in [-0.1, -0.05) is 18.2 Å². The summed E-state index contributed by atoms with van der Waals surface area (Å²) >= 11 is 0. The molecule has 0 bridgehead atoms. The molecule has 5 nitrogen and oxygen atoms in total. The number of ether oxygens (including phenoxy) is 1. The Bertz CT molecular complexity index is 497. The largest absolute Gasteiger partial charge is 0.384 e. The Balaban J connectivity index is 0.00000288. The van der Waals surface area contributed by atoms with E-state index in [0.717, 1.165) is 32.2 Å². The number of nitrogens with zero attached hydrogens (tertiary/aromatic N) is 3. The molecule has 2 unspecified atom stereocenters. The van der Waals surface area contributed by atoms with Crippen LogP contribution in [-0.2, 0) is 4.74 Å². The average molecular weight is 446 g/mol. The Morgan fingerprint density at radius 3 is 2.75 bits per heavy atom. The maximum Gasteiger partial charge on any atom is 0.193 e. The minimum Gasteiger partial charge on any atom is -0.384 e. The highest BCUT2D eigenvalue weighted by molar-refractivity contribution is 14.0. The highest BCUT2D eigenvalue weighted by atomic mass is 127. The molecule has 1 aromatic rings. The van der Waals surface area contributed by atoms with E-state index in [1.807, 2.05) is 13.1 Å². The number of nitrogens with one attached hydrogen (secondary N) is 1. The molecule has 0 saturated carbocycles. The monoisotopic (exact) mass is 446 g/mol. The SMILES string of the molecule is CN=C(NCC(C)N(C)c1ccccc1)N1CCC(COC)C1.I. The molecule has 1 aromatic carbocycles. The fourth-order valence-electron chi connectivity index (χ4n) is 3.02. The predicted molar refractivity (Wildman–Crippen MR) is 113 cm³/mol. The summed E-state index contributed by atoms with van der Waals surface area (Å²) in [5, 5.41) is 3.52. The maximum absolute atomic E-state index is 5.27. The normalized spacial score (nSPS) is 18.9. The topological polar surface area (TPSA) is 40.1 Å². The van der Waals surface area contributed by atoms with Crippen LogP contribution >= 0.6 is 24.0 Å². The average Bonchev–Trinajstić information content (AvgIpc) is 3.04. The van der Waals surface area contributed by atoms with Gasteiger partial charge in [0.25, 0.3) is 0 Å². The fraction of sp³-hybridized carbons (Fsp3) is 0.611. The van der Waals surface area contributed by atoms with Crippen molar-refractivity contribution < 1.29 is 4.74 Å². The van der Waals surface area contributed by atoms with Crippen LogP contribution in [0, 0.1) is 5.92 Å². The van der Waals surface area contributed by atoms with Gasteiger partial charge in [0.15, 0.2) is 5.96 Å². The number of anilines is 1. The molecular formula is C18H31IN4O. The second-order valence-electron chi connectivity index (χ2n) is 6.28. The number of hydrogen-bond donors (Lipinski definition) is 1. The summed E-state index contributed by atoms with van der Waals surface area (Å²) in [5.41, 5.74) is 1.23. The van der Waals surface area contributed by atoms with E-state index in [-0.39, 0.29) is 24.0 Å². The first kappa shape index (κ1) is 21.0. The zero-order valence-corrected chi connectivity index (χ0v) is 17.6. The van der Waals surface area contributed by atoms with E-state index in [2.05, 4.69) is 58.3 Å². The molecule has 6 heteroatoms. The third-order valence-electron chi connectivity index (χ3n) is 4.58. The van der Waals surface area contributed by atoms with Crippen molar-refractivity contribution in [3.8, 4) is 0 Å². The van der Waals surface area contributed by atoms with E-state index in [9.17, 15) is 0 Å². The minimum atomic E-state index is 0. The predicted octanol–water partition coefficient (Wildman–Crippen LogP) is 2.67. The Hall–Kier alpha value is -1.02. The molecule has 0 amide bonds. The van der Waals surface area contributed by atoms with Crippen molar-refractivity contribution in [2.45, 2.75) is 19.4 Å². The molecule has 1 fully saturated rings. The van der Waals surface area contributed by atoms with Crippen LogP contribution in [0.25, 0.3) is 0 Å². The number of para-hydroxylation sites is 1. The maximum atomic E-state index is 5.27. The molecule has 2 rings (SSSR count). The molecule has 136 valence electrons. The first-order chi connectivity index (χ1) is 11.2. The molecule has 1 saturated heterocycles. The second kappa shape index (κ2) is 10.8. The van der Waals surface area contributed by atoms with Gasteiger partial charge in [0.2, 0.25) is 0 Å². The number of likely N-dealkylation sites (N-methyl/N-ethyl adjacent to an activating group) is 1. The summed E-state index contributed by atoms with van der Waals surface area (Å²) in [5.74, 6) is 1.61. The molecule has 0 aliphatic carbocycles. The van der Waals surface area contributed by atoms with Crippen LogP contribution in [0.2, 0.25) is 0 Å². The standard InChI is InChI=1S/C18H30N4O.HI/c1-15(21(3)17-8-6-5-7-9-17)12-20-18(19-2)22-11-10-16(13-22)14-23-4;/h5-9,15-16H,10-14H2,1-4H3,(H,19,20);1H. The van der Waals surface area contributed by atoms with Gasteiger partial charge < -0.3 is 19.9 Å². The summed E-state index contributed by atoms with van der Waals surface area (Å²) in [4.78, 5) is 9.06. The van der Waals surface area contributed by atoms with E-state index in [4.69, 9.17) is 4.74 Å². The van der Waals surface area contributed by atoms with Crippen molar-refractivity contribution in [2.75, 3.05) is 52.3 Å². The lowest BCUT2D eigenvalue weighted by Gasteiger charge is -2.29. The lowest BCUT2D eigenvalue weighted by atomic mass is 10.1. The molecule has 0 spiro atoms. The highest BCUT2D eigenvalue weighted by Crippen LogP contribution is 2.17. The zero-order valence-electron chi connectivity index (χ0n) is 15.2. The Labute approximate surface area is 163 Å². The van der Waals surface area contributed by atoms with Crippen LogP contribution in [-0.4, -0.2) is 64.3 Å². The van der Waals surface area contributed by atoms with Crippen LogP contribution in [0.1, 0.15) is 13.3 Å². The van der Waals surface area contributed by atoms with Gasteiger partial charge >= 0.3 is 0 Å².